The summed E-state index contributed by atoms with van der Waals surface area (Å²) in [4.78, 5) is 11.9. The van der Waals surface area contributed by atoms with Crippen molar-refractivity contribution in [2.45, 2.75) is 142 Å². The maximum Gasteiger partial charge on any atom is 0.333 e. The van der Waals surface area contributed by atoms with Crippen LogP contribution in [0.1, 0.15) is 142 Å². The van der Waals surface area contributed by atoms with Gasteiger partial charge in [0.1, 0.15) is 0 Å². The van der Waals surface area contributed by atoms with Crippen LogP contribution in [0.4, 0.5) is 0 Å². The molecule has 0 N–H and O–H groups in total. The first-order chi connectivity index (χ1) is 13.7. The standard InChI is InChI=1S/C26H50O2/c1-4-6-8-10-12-14-15-16-18-20-22-24-28-26(27)25(3)23-21-19-17-13-11-9-7-5-2/h3-24H2,1-2H3. The number of ether oxygens (including phenoxy) is 1. The van der Waals surface area contributed by atoms with Crippen LogP contribution in [0.25, 0.3) is 0 Å². The van der Waals surface area contributed by atoms with E-state index < -0.39 is 0 Å². The van der Waals surface area contributed by atoms with Crippen LogP contribution in [0.3, 0.4) is 0 Å². The number of carbonyl (C=O) groups is 1. The fourth-order valence-electron chi connectivity index (χ4n) is 3.61. The number of hydrogen-bond acceptors (Lipinski definition) is 2. The van der Waals surface area contributed by atoms with Crippen LogP contribution in [0, 0.1) is 0 Å². The second kappa shape index (κ2) is 22.5. The van der Waals surface area contributed by atoms with Gasteiger partial charge in [-0.05, 0) is 19.3 Å². The van der Waals surface area contributed by atoms with E-state index in [1.54, 1.807) is 0 Å². The Morgan fingerprint density at radius 1 is 0.571 bits per heavy atom. The molecule has 0 amide bonds. The molecule has 0 bridgehead atoms. The molecular weight excluding hydrogens is 344 g/mol. The lowest BCUT2D eigenvalue weighted by molar-refractivity contribution is -0.139. The van der Waals surface area contributed by atoms with E-state index >= 15 is 0 Å². The minimum atomic E-state index is -0.171. The summed E-state index contributed by atoms with van der Waals surface area (Å²) >= 11 is 0. The zero-order valence-corrected chi connectivity index (χ0v) is 19.4. The van der Waals surface area contributed by atoms with Crippen molar-refractivity contribution in [2.75, 3.05) is 6.61 Å². The molecule has 0 aromatic carbocycles. The zero-order valence-electron chi connectivity index (χ0n) is 19.4. The highest BCUT2D eigenvalue weighted by Gasteiger charge is 2.07. The van der Waals surface area contributed by atoms with Crippen LogP contribution in [-0.2, 0) is 9.53 Å². The fourth-order valence-corrected chi connectivity index (χ4v) is 3.61. The molecule has 0 aliphatic carbocycles. The molecule has 0 aromatic heterocycles. The first-order valence-electron chi connectivity index (χ1n) is 12.6. The first kappa shape index (κ1) is 27.2. The maximum absolute atomic E-state index is 11.9. The largest absolute Gasteiger partial charge is 0.462 e. The second-order valence-electron chi connectivity index (χ2n) is 8.50. The lowest BCUT2D eigenvalue weighted by Gasteiger charge is -2.07. The van der Waals surface area contributed by atoms with Gasteiger partial charge in [-0.15, -0.1) is 0 Å². The summed E-state index contributed by atoms with van der Waals surface area (Å²) < 4.78 is 5.37. The van der Waals surface area contributed by atoms with E-state index in [0.29, 0.717) is 12.2 Å². The minimum Gasteiger partial charge on any atom is -0.462 e. The van der Waals surface area contributed by atoms with E-state index in [0.717, 1.165) is 19.3 Å². The van der Waals surface area contributed by atoms with Gasteiger partial charge in [0, 0.05) is 5.57 Å². The summed E-state index contributed by atoms with van der Waals surface area (Å²) in [5.74, 6) is -0.171. The van der Waals surface area contributed by atoms with E-state index in [1.807, 2.05) is 0 Å². The third-order valence-corrected chi connectivity index (χ3v) is 5.60. The molecule has 0 saturated heterocycles. The number of hydrogen-bond donors (Lipinski definition) is 0. The normalized spacial score (nSPS) is 10.9. The number of rotatable bonds is 22. The van der Waals surface area contributed by atoms with E-state index in [4.69, 9.17) is 4.74 Å². The molecule has 0 saturated carbocycles. The number of esters is 1. The average Bonchev–Trinajstić information content (AvgIpc) is 2.70. The van der Waals surface area contributed by atoms with Crippen LogP contribution in [0.5, 0.6) is 0 Å². The van der Waals surface area contributed by atoms with E-state index in [2.05, 4.69) is 20.4 Å². The molecule has 0 aliphatic rings. The van der Waals surface area contributed by atoms with Crippen LogP contribution in [0.15, 0.2) is 12.2 Å². The monoisotopic (exact) mass is 394 g/mol. The van der Waals surface area contributed by atoms with Gasteiger partial charge in [0.05, 0.1) is 6.61 Å². The zero-order chi connectivity index (χ0) is 20.7. The average molecular weight is 395 g/mol. The molecule has 0 atom stereocenters. The third-order valence-electron chi connectivity index (χ3n) is 5.60. The molecule has 0 aromatic rings. The summed E-state index contributed by atoms with van der Waals surface area (Å²) in [6.45, 7) is 9.00. The molecular formula is C26H50O2. The Balaban J connectivity index is 3.31. The van der Waals surface area contributed by atoms with E-state index in [-0.39, 0.29) is 5.97 Å². The van der Waals surface area contributed by atoms with Crippen molar-refractivity contribution in [1.29, 1.82) is 0 Å². The molecule has 0 spiro atoms. The van der Waals surface area contributed by atoms with Gasteiger partial charge in [0.2, 0.25) is 0 Å². The maximum atomic E-state index is 11.9. The topological polar surface area (TPSA) is 26.3 Å². The lowest BCUT2D eigenvalue weighted by atomic mass is 10.0. The van der Waals surface area contributed by atoms with Gasteiger partial charge in [0.25, 0.3) is 0 Å². The van der Waals surface area contributed by atoms with Gasteiger partial charge in [-0.25, -0.2) is 4.79 Å². The van der Waals surface area contributed by atoms with Crippen molar-refractivity contribution >= 4 is 5.97 Å². The minimum absolute atomic E-state index is 0.171. The Morgan fingerprint density at radius 2 is 0.929 bits per heavy atom. The highest BCUT2D eigenvalue weighted by molar-refractivity contribution is 5.87. The summed E-state index contributed by atoms with van der Waals surface area (Å²) in [5, 5.41) is 0. The van der Waals surface area contributed by atoms with Crippen LogP contribution in [-0.4, -0.2) is 12.6 Å². The lowest BCUT2D eigenvalue weighted by Crippen LogP contribution is -2.08. The number of carbonyl (C=O) groups excluding carboxylic acids is 1. The van der Waals surface area contributed by atoms with Gasteiger partial charge >= 0.3 is 5.97 Å². The molecule has 2 nitrogen and oxygen atoms in total. The van der Waals surface area contributed by atoms with E-state index in [1.165, 1.54) is 109 Å². The van der Waals surface area contributed by atoms with Crippen molar-refractivity contribution in [3.8, 4) is 0 Å². The van der Waals surface area contributed by atoms with E-state index in [9.17, 15) is 4.79 Å². The van der Waals surface area contributed by atoms with Crippen molar-refractivity contribution < 1.29 is 9.53 Å². The molecule has 0 fully saturated rings. The van der Waals surface area contributed by atoms with Crippen molar-refractivity contribution in [2.24, 2.45) is 0 Å². The Hall–Kier alpha value is -0.790. The molecule has 166 valence electrons. The molecule has 2 heteroatoms. The smallest absolute Gasteiger partial charge is 0.333 e. The quantitative estimate of drug-likeness (QED) is 0.104. The molecule has 0 rings (SSSR count). The molecule has 28 heavy (non-hydrogen) atoms. The van der Waals surface area contributed by atoms with Crippen LogP contribution in [0.2, 0.25) is 0 Å². The molecule has 0 unspecified atom stereocenters. The predicted octanol–water partition coefficient (Wildman–Crippen LogP) is 8.93. The van der Waals surface area contributed by atoms with Gasteiger partial charge in [-0.2, -0.15) is 0 Å². The Bertz CT molecular complexity index is 348. The Kier molecular flexibility index (Phi) is 21.9. The van der Waals surface area contributed by atoms with Crippen LogP contribution < -0.4 is 0 Å². The van der Waals surface area contributed by atoms with Crippen molar-refractivity contribution in [1.82, 2.24) is 0 Å². The summed E-state index contributed by atoms with van der Waals surface area (Å²) in [5.41, 5.74) is 0.661. The third kappa shape index (κ3) is 20.0. The van der Waals surface area contributed by atoms with Gasteiger partial charge in [-0.3, -0.25) is 0 Å². The molecule has 0 heterocycles. The highest BCUT2D eigenvalue weighted by atomic mass is 16.5. The summed E-state index contributed by atoms with van der Waals surface area (Å²) in [7, 11) is 0. The Labute approximate surface area is 176 Å². The highest BCUT2D eigenvalue weighted by Crippen LogP contribution is 2.14. The van der Waals surface area contributed by atoms with Gasteiger partial charge < -0.3 is 4.74 Å². The first-order valence-corrected chi connectivity index (χ1v) is 12.6. The second-order valence-corrected chi connectivity index (χ2v) is 8.50. The van der Waals surface area contributed by atoms with Gasteiger partial charge in [-0.1, -0.05) is 130 Å². The number of unbranched alkanes of at least 4 members (excludes halogenated alkanes) is 17. The SMILES string of the molecule is C=C(CCCCCCCCCC)C(=O)OCCCCCCCCCCCCC. The Morgan fingerprint density at radius 3 is 1.36 bits per heavy atom. The van der Waals surface area contributed by atoms with Crippen LogP contribution >= 0.6 is 0 Å². The molecule has 0 radical (unpaired) electrons. The fraction of sp³-hybridized carbons (Fsp3) is 0.885. The van der Waals surface area contributed by atoms with Crippen molar-refractivity contribution in [3.05, 3.63) is 12.2 Å². The summed E-state index contributed by atoms with van der Waals surface area (Å²) in [6, 6.07) is 0. The summed E-state index contributed by atoms with van der Waals surface area (Å²) in [6.07, 6.45) is 25.5. The van der Waals surface area contributed by atoms with Gasteiger partial charge in [0.15, 0.2) is 0 Å². The predicted molar refractivity (Wildman–Crippen MR) is 124 cm³/mol. The molecule has 0 aliphatic heterocycles. The van der Waals surface area contributed by atoms with Crippen molar-refractivity contribution in [3.63, 3.8) is 0 Å².